The standard InChI is InChI=1S/C19H27N3O2/c1-17-8-5-13(23)11-12(17)3-4-14-15(17)6-9-18(2)16(14)7-10-19(18,24)21-22-20/h11,14-16,24H,3-10H2,1-2H3/t14?,15-,16-,17+,18+,19+/m1/s1. The number of fused-ring (bicyclic) bond motifs is 5. The second kappa shape index (κ2) is 5.09. The highest BCUT2D eigenvalue weighted by Gasteiger charge is 2.63. The van der Waals surface area contributed by atoms with Crippen molar-refractivity contribution in [1.82, 2.24) is 0 Å². The van der Waals surface area contributed by atoms with Gasteiger partial charge in [-0.1, -0.05) is 24.5 Å². The molecule has 5 heteroatoms. The van der Waals surface area contributed by atoms with E-state index in [0.717, 1.165) is 38.5 Å². The highest BCUT2D eigenvalue weighted by Crippen LogP contribution is 2.67. The number of hydrogen-bond acceptors (Lipinski definition) is 3. The number of ketones is 1. The minimum Gasteiger partial charge on any atom is -0.383 e. The molecule has 0 aromatic carbocycles. The molecule has 24 heavy (non-hydrogen) atoms. The van der Waals surface area contributed by atoms with Crippen LogP contribution in [0.4, 0.5) is 0 Å². The van der Waals surface area contributed by atoms with Crippen molar-refractivity contribution in [3.63, 3.8) is 0 Å². The summed E-state index contributed by atoms with van der Waals surface area (Å²) in [5, 5.41) is 14.8. The van der Waals surface area contributed by atoms with E-state index in [0.29, 0.717) is 36.4 Å². The molecule has 0 amide bonds. The number of rotatable bonds is 1. The van der Waals surface area contributed by atoms with Gasteiger partial charge in [0.2, 0.25) is 0 Å². The van der Waals surface area contributed by atoms with Gasteiger partial charge < -0.3 is 5.11 Å². The molecule has 4 aliphatic carbocycles. The van der Waals surface area contributed by atoms with E-state index in [-0.39, 0.29) is 10.8 Å². The predicted octanol–water partition coefficient (Wildman–Crippen LogP) is 4.52. The third-order valence-electron chi connectivity index (χ3n) is 8.28. The van der Waals surface area contributed by atoms with Crippen molar-refractivity contribution in [3.05, 3.63) is 22.1 Å². The maximum Gasteiger partial charge on any atom is 0.155 e. The first kappa shape index (κ1) is 16.2. The number of carbonyl (C=O) groups is 1. The molecule has 5 nitrogen and oxygen atoms in total. The van der Waals surface area contributed by atoms with E-state index in [2.05, 4.69) is 23.9 Å². The lowest BCUT2D eigenvalue weighted by molar-refractivity contribution is -0.127. The van der Waals surface area contributed by atoms with Gasteiger partial charge in [0.05, 0.1) is 0 Å². The molecule has 0 saturated heterocycles. The van der Waals surface area contributed by atoms with E-state index in [1.165, 1.54) is 5.57 Å². The van der Waals surface area contributed by atoms with E-state index in [1.807, 2.05) is 6.08 Å². The molecular weight excluding hydrogens is 302 g/mol. The van der Waals surface area contributed by atoms with Gasteiger partial charge >= 0.3 is 0 Å². The quantitative estimate of drug-likeness (QED) is 0.435. The van der Waals surface area contributed by atoms with Gasteiger partial charge in [-0.2, -0.15) is 0 Å². The molecule has 0 bridgehead atoms. The molecule has 6 atom stereocenters. The van der Waals surface area contributed by atoms with Gasteiger partial charge in [0.15, 0.2) is 5.78 Å². The van der Waals surface area contributed by atoms with Gasteiger partial charge in [0.1, 0.15) is 5.72 Å². The number of aliphatic hydroxyl groups is 1. The zero-order valence-electron chi connectivity index (χ0n) is 14.7. The fourth-order valence-electron chi connectivity index (χ4n) is 6.79. The normalized spacial score (nSPS) is 50.2. The number of allylic oxidation sites excluding steroid dienone is 1. The van der Waals surface area contributed by atoms with E-state index in [1.54, 1.807) is 0 Å². The maximum atomic E-state index is 11.9. The van der Waals surface area contributed by atoms with Crippen molar-refractivity contribution in [2.24, 2.45) is 33.7 Å². The van der Waals surface area contributed by atoms with Crippen LogP contribution in [0.3, 0.4) is 0 Å². The van der Waals surface area contributed by atoms with Crippen LogP contribution in [0.2, 0.25) is 0 Å². The summed E-state index contributed by atoms with van der Waals surface area (Å²) in [7, 11) is 0. The molecule has 1 unspecified atom stereocenters. The first-order valence-electron chi connectivity index (χ1n) is 9.37. The Morgan fingerprint density at radius 3 is 2.67 bits per heavy atom. The number of nitrogens with zero attached hydrogens (tertiary/aromatic N) is 3. The van der Waals surface area contributed by atoms with Crippen LogP contribution in [-0.4, -0.2) is 16.6 Å². The van der Waals surface area contributed by atoms with Gasteiger partial charge in [0.25, 0.3) is 0 Å². The Balaban J connectivity index is 1.70. The smallest absolute Gasteiger partial charge is 0.155 e. The average Bonchev–Trinajstić information content (AvgIpc) is 2.80. The SMILES string of the molecule is C[C@]12CCC(=O)C=C1CCC1[C@H]2CC[C@@]2(C)[C@@H]1CC[C@@]2(O)N=[N+]=[N-]. The molecule has 0 spiro atoms. The molecule has 3 saturated carbocycles. The lowest BCUT2D eigenvalue weighted by atomic mass is 9.47. The Hall–Kier alpha value is -1.32. The summed E-state index contributed by atoms with van der Waals surface area (Å²) in [5.74, 6) is 1.88. The second-order valence-corrected chi connectivity index (χ2v) is 8.97. The summed E-state index contributed by atoms with van der Waals surface area (Å²) in [5.41, 5.74) is 8.90. The molecule has 1 N–H and O–H groups in total. The highest BCUT2D eigenvalue weighted by molar-refractivity contribution is 5.91. The summed E-state index contributed by atoms with van der Waals surface area (Å²) in [4.78, 5) is 14.8. The molecule has 0 aromatic rings. The van der Waals surface area contributed by atoms with E-state index >= 15 is 0 Å². The van der Waals surface area contributed by atoms with Crippen LogP contribution in [0.15, 0.2) is 16.8 Å². The Labute approximate surface area is 143 Å². The molecule has 0 radical (unpaired) electrons. The van der Waals surface area contributed by atoms with Crippen LogP contribution in [-0.2, 0) is 4.79 Å². The minimum atomic E-state index is -1.23. The lowest BCUT2D eigenvalue weighted by Gasteiger charge is -2.58. The lowest BCUT2D eigenvalue weighted by Crippen LogP contribution is -2.54. The van der Waals surface area contributed by atoms with Crippen molar-refractivity contribution < 1.29 is 9.90 Å². The summed E-state index contributed by atoms with van der Waals surface area (Å²) < 4.78 is 0. The first-order valence-corrected chi connectivity index (χ1v) is 9.37. The van der Waals surface area contributed by atoms with Crippen LogP contribution in [0.25, 0.3) is 10.4 Å². The van der Waals surface area contributed by atoms with Gasteiger partial charge in [-0.05, 0) is 79.7 Å². The molecule has 0 heterocycles. The average molecular weight is 329 g/mol. The van der Waals surface area contributed by atoms with E-state index in [9.17, 15) is 9.90 Å². The van der Waals surface area contributed by atoms with Gasteiger partial charge in [-0.3, -0.25) is 4.79 Å². The van der Waals surface area contributed by atoms with Gasteiger partial charge in [-0.15, -0.1) is 0 Å². The van der Waals surface area contributed by atoms with Crippen molar-refractivity contribution >= 4 is 5.78 Å². The zero-order valence-corrected chi connectivity index (χ0v) is 14.7. The van der Waals surface area contributed by atoms with Crippen molar-refractivity contribution in [3.8, 4) is 0 Å². The molecule has 0 aliphatic heterocycles. The van der Waals surface area contributed by atoms with Crippen molar-refractivity contribution in [2.45, 2.75) is 70.9 Å². The van der Waals surface area contributed by atoms with Crippen molar-refractivity contribution in [1.29, 1.82) is 0 Å². The Morgan fingerprint density at radius 2 is 1.92 bits per heavy atom. The Morgan fingerprint density at radius 1 is 1.17 bits per heavy atom. The Kier molecular flexibility index (Phi) is 3.43. The summed E-state index contributed by atoms with van der Waals surface area (Å²) in [6, 6.07) is 0. The summed E-state index contributed by atoms with van der Waals surface area (Å²) >= 11 is 0. The number of carbonyl (C=O) groups excluding carboxylic acids is 1. The van der Waals surface area contributed by atoms with E-state index in [4.69, 9.17) is 5.53 Å². The first-order chi connectivity index (χ1) is 11.3. The molecule has 4 aliphatic rings. The van der Waals surface area contributed by atoms with Crippen LogP contribution in [0.1, 0.15) is 65.2 Å². The fourth-order valence-corrected chi connectivity index (χ4v) is 6.79. The van der Waals surface area contributed by atoms with Crippen LogP contribution < -0.4 is 0 Å². The minimum absolute atomic E-state index is 0.150. The van der Waals surface area contributed by atoms with Crippen LogP contribution >= 0.6 is 0 Å². The Bertz CT molecular complexity index is 668. The summed E-state index contributed by atoms with van der Waals surface area (Å²) in [6.07, 6.45) is 9.19. The predicted molar refractivity (Wildman–Crippen MR) is 90.8 cm³/mol. The number of hydrogen-bond donors (Lipinski definition) is 1. The monoisotopic (exact) mass is 329 g/mol. The van der Waals surface area contributed by atoms with Gasteiger partial charge in [-0.25, -0.2) is 0 Å². The summed E-state index contributed by atoms with van der Waals surface area (Å²) in [6.45, 7) is 4.49. The zero-order chi connectivity index (χ0) is 17.2. The third kappa shape index (κ3) is 1.91. The molecule has 0 aromatic heterocycles. The number of azide groups is 1. The second-order valence-electron chi connectivity index (χ2n) is 8.97. The topological polar surface area (TPSA) is 86.1 Å². The fraction of sp³-hybridized carbons (Fsp3) is 0.842. The third-order valence-corrected chi connectivity index (χ3v) is 8.28. The van der Waals surface area contributed by atoms with Crippen LogP contribution in [0, 0.1) is 28.6 Å². The highest BCUT2D eigenvalue weighted by atomic mass is 16.3. The van der Waals surface area contributed by atoms with Crippen LogP contribution in [0.5, 0.6) is 0 Å². The van der Waals surface area contributed by atoms with Crippen molar-refractivity contribution in [2.75, 3.05) is 0 Å². The molecule has 130 valence electrons. The van der Waals surface area contributed by atoms with E-state index < -0.39 is 5.72 Å². The molecular formula is C19H27N3O2. The molecule has 4 rings (SSSR count). The molecule has 3 fully saturated rings. The maximum absolute atomic E-state index is 11.9. The van der Waals surface area contributed by atoms with Gasteiger partial charge in [0, 0.05) is 16.7 Å². The largest absolute Gasteiger partial charge is 0.383 e.